The Morgan fingerprint density at radius 1 is 0.707 bits per heavy atom. The third kappa shape index (κ3) is 4.93. The van der Waals surface area contributed by atoms with Crippen LogP contribution in [0.3, 0.4) is 0 Å². The monoisotopic (exact) mass is 559 g/mol. The molecule has 1 heterocycles. The van der Waals surface area contributed by atoms with Crippen LogP contribution in [0.4, 0.5) is 13.2 Å². The van der Waals surface area contributed by atoms with Crippen LogP contribution in [0, 0.1) is 11.8 Å². The fourth-order valence-electron chi connectivity index (χ4n) is 7.55. The van der Waals surface area contributed by atoms with Crippen LogP contribution in [0.5, 0.6) is 0 Å². The number of primary amides is 1. The van der Waals surface area contributed by atoms with E-state index in [-0.39, 0.29) is 17.7 Å². The smallest absolute Gasteiger partial charge is 0.368 e. The highest BCUT2D eigenvalue weighted by atomic mass is 19.4. The standard InChI is InChI=1S/C34H36F3N3O/c35-34(36,37)28-21-19-24(20-22-28)23-15-17-25(18-16-23)31-39-29-13-7-8-14-30(29)40(31)33(32(38)41,26-9-3-1-4-10-26)27-11-5-2-6-12-27/h7-8,13-22,26-27H,1-6,9-12H2,(H2,38,41). The zero-order chi connectivity index (χ0) is 28.6. The highest BCUT2D eigenvalue weighted by Crippen LogP contribution is 2.50. The third-order valence-electron chi connectivity index (χ3n) is 9.47. The minimum Gasteiger partial charge on any atom is -0.368 e. The Morgan fingerprint density at radius 2 is 1.20 bits per heavy atom. The van der Waals surface area contributed by atoms with E-state index in [1.807, 2.05) is 48.5 Å². The summed E-state index contributed by atoms with van der Waals surface area (Å²) in [4.78, 5) is 19.1. The number of aromatic nitrogens is 2. The number of halogens is 3. The summed E-state index contributed by atoms with van der Waals surface area (Å²) >= 11 is 0. The number of hydrogen-bond donors (Lipinski definition) is 1. The van der Waals surface area contributed by atoms with E-state index in [2.05, 4.69) is 4.57 Å². The second-order valence-corrected chi connectivity index (χ2v) is 11.8. The fraction of sp³-hybridized carbons (Fsp3) is 0.412. The second-order valence-electron chi connectivity index (χ2n) is 11.8. The van der Waals surface area contributed by atoms with Crippen LogP contribution in [-0.4, -0.2) is 15.5 Å². The van der Waals surface area contributed by atoms with Gasteiger partial charge < -0.3 is 10.3 Å². The molecule has 2 aliphatic rings. The van der Waals surface area contributed by atoms with Crippen LogP contribution in [0.2, 0.25) is 0 Å². The molecule has 2 aliphatic carbocycles. The van der Waals surface area contributed by atoms with Gasteiger partial charge in [-0.2, -0.15) is 13.2 Å². The lowest BCUT2D eigenvalue weighted by atomic mass is 9.63. The Kier molecular flexibility index (Phi) is 7.39. The number of rotatable bonds is 6. The van der Waals surface area contributed by atoms with Crippen LogP contribution < -0.4 is 5.73 Å². The van der Waals surface area contributed by atoms with Crippen molar-refractivity contribution in [2.45, 2.75) is 75.9 Å². The molecule has 0 saturated heterocycles. The Balaban J connectivity index is 1.50. The van der Waals surface area contributed by atoms with Gasteiger partial charge in [-0.1, -0.05) is 87.1 Å². The average molecular weight is 560 g/mol. The molecule has 7 heteroatoms. The molecule has 2 fully saturated rings. The van der Waals surface area contributed by atoms with Crippen molar-refractivity contribution in [2.75, 3.05) is 0 Å². The minimum absolute atomic E-state index is 0.139. The molecular weight excluding hydrogens is 523 g/mol. The molecule has 0 bridgehead atoms. The van der Waals surface area contributed by atoms with Crippen LogP contribution in [0.25, 0.3) is 33.5 Å². The van der Waals surface area contributed by atoms with Crippen LogP contribution >= 0.6 is 0 Å². The van der Waals surface area contributed by atoms with Gasteiger partial charge in [0.15, 0.2) is 0 Å². The summed E-state index contributed by atoms with van der Waals surface area (Å²) in [6, 6.07) is 20.9. The van der Waals surface area contributed by atoms with Crippen molar-refractivity contribution in [3.05, 3.63) is 78.4 Å². The van der Waals surface area contributed by atoms with Crippen LogP contribution in [-0.2, 0) is 16.5 Å². The number of para-hydroxylation sites is 2. The van der Waals surface area contributed by atoms with Crippen molar-refractivity contribution >= 4 is 16.9 Å². The number of nitrogens with two attached hydrogens (primary N) is 1. The number of hydrogen-bond acceptors (Lipinski definition) is 2. The maximum Gasteiger partial charge on any atom is 0.416 e. The van der Waals surface area contributed by atoms with Crippen LogP contribution in [0.1, 0.15) is 69.8 Å². The van der Waals surface area contributed by atoms with E-state index in [1.165, 1.54) is 25.0 Å². The third-order valence-corrected chi connectivity index (χ3v) is 9.47. The molecular formula is C34H36F3N3O. The summed E-state index contributed by atoms with van der Waals surface area (Å²) in [6.07, 6.45) is 6.24. The summed E-state index contributed by atoms with van der Waals surface area (Å²) in [7, 11) is 0. The SMILES string of the molecule is NC(=O)C(C1CCCCC1)(C1CCCCC1)n1c(-c2ccc(-c3ccc(C(F)(F)F)cc3)cc2)nc2ccccc21. The highest BCUT2D eigenvalue weighted by Gasteiger charge is 2.53. The summed E-state index contributed by atoms with van der Waals surface area (Å²) < 4.78 is 41.4. The zero-order valence-electron chi connectivity index (χ0n) is 23.2. The first-order chi connectivity index (χ1) is 19.8. The molecule has 2 saturated carbocycles. The molecule has 0 aliphatic heterocycles. The van der Waals surface area contributed by atoms with Gasteiger partial charge in [-0.05, 0) is 72.9 Å². The van der Waals surface area contributed by atoms with Gasteiger partial charge in [0.25, 0.3) is 0 Å². The first kappa shape index (κ1) is 27.6. The number of carbonyl (C=O) groups excluding carboxylic acids is 1. The largest absolute Gasteiger partial charge is 0.416 e. The lowest BCUT2D eigenvalue weighted by Gasteiger charge is -2.48. The summed E-state index contributed by atoms with van der Waals surface area (Å²) in [5.41, 5.74) is 9.11. The molecule has 4 nitrogen and oxygen atoms in total. The van der Waals surface area contributed by atoms with E-state index in [0.717, 1.165) is 91.5 Å². The van der Waals surface area contributed by atoms with Gasteiger partial charge in [-0.3, -0.25) is 4.79 Å². The van der Waals surface area contributed by atoms with Crippen LogP contribution in [0.15, 0.2) is 72.8 Å². The van der Waals surface area contributed by atoms with Crippen molar-refractivity contribution in [1.29, 1.82) is 0 Å². The molecule has 41 heavy (non-hydrogen) atoms. The topological polar surface area (TPSA) is 60.9 Å². The summed E-state index contributed by atoms with van der Waals surface area (Å²) in [6.45, 7) is 0. The van der Waals surface area contributed by atoms with E-state index in [4.69, 9.17) is 10.7 Å². The van der Waals surface area contributed by atoms with Crippen molar-refractivity contribution in [1.82, 2.24) is 9.55 Å². The molecule has 0 radical (unpaired) electrons. The highest BCUT2D eigenvalue weighted by molar-refractivity contribution is 5.90. The van der Waals surface area contributed by atoms with Gasteiger partial charge in [0.05, 0.1) is 16.6 Å². The van der Waals surface area contributed by atoms with Gasteiger partial charge in [-0.25, -0.2) is 4.98 Å². The first-order valence-electron chi connectivity index (χ1n) is 14.9. The number of amides is 1. The molecule has 0 unspecified atom stereocenters. The van der Waals surface area contributed by atoms with E-state index in [9.17, 15) is 18.0 Å². The molecule has 3 aromatic carbocycles. The van der Waals surface area contributed by atoms with Gasteiger partial charge in [0, 0.05) is 5.56 Å². The van der Waals surface area contributed by atoms with E-state index in [0.29, 0.717) is 5.56 Å². The lowest BCUT2D eigenvalue weighted by molar-refractivity contribution is -0.137. The molecule has 6 rings (SSSR count). The van der Waals surface area contributed by atoms with Crippen molar-refractivity contribution in [3.63, 3.8) is 0 Å². The van der Waals surface area contributed by atoms with E-state index in [1.54, 1.807) is 0 Å². The number of alkyl halides is 3. The van der Waals surface area contributed by atoms with Crippen molar-refractivity contribution < 1.29 is 18.0 Å². The molecule has 4 aromatic rings. The Hall–Kier alpha value is -3.61. The maximum absolute atomic E-state index is 14.0. The number of fused-ring (bicyclic) bond motifs is 1. The van der Waals surface area contributed by atoms with E-state index < -0.39 is 17.3 Å². The average Bonchev–Trinajstić information content (AvgIpc) is 3.38. The minimum atomic E-state index is -4.37. The van der Waals surface area contributed by atoms with Crippen molar-refractivity contribution in [2.24, 2.45) is 17.6 Å². The normalized spacial score (nSPS) is 17.6. The van der Waals surface area contributed by atoms with Gasteiger partial charge >= 0.3 is 6.18 Å². The molecule has 2 N–H and O–H groups in total. The summed E-state index contributed by atoms with van der Waals surface area (Å²) in [5, 5.41) is 0. The zero-order valence-corrected chi connectivity index (χ0v) is 23.2. The number of benzene rings is 3. The van der Waals surface area contributed by atoms with Crippen molar-refractivity contribution in [3.8, 4) is 22.5 Å². The van der Waals surface area contributed by atoms with Gasteiger partial charge in [0.1, 0.15) is 11.4 Å². The quantitative estimate of drug-likeness (QED) is 0.257. The maximum atomic E-state index is 14.0. The number of imidazole rings is 1. The van der Waals surface area contributed by atoms with E-state index >= 15 is 0 Å². The molecule has 1 aromatic heterocycles. The first-order valence-corrected chi connectivity index (χ1v) is 14.9. The number of nitrogens with zero attached hydrogens (tertiary/aromatic N) is 2. The molecule has 0 spiro atoms. The predicted octanol–water partition coefficient (Wildman–Crippen LogP) is 8.73. The van der Waals surface area contributed by atoms with Gasteiger partial charge in [0.2, 0.25) is 5.91 Å². The lowest BCUT2D eigenvalue weighted by Crippen LogP contribution is -2.58. The Labute approximate surface area is 238 Å². The summed E-state index contributed by atoms with van der Waals surface area (Å²) in [5.74, 6) is 0.737. The molecule has 0 atom stereocenters. The second kappa shape index (κ2) is 11.0. The Bertz CT molecular complexity index is 1490. The van der Waals surface area contributed by atoms with Gasteiger partial charge in [-0.15, -0.1) is 0 Å². The predicted molar refractivity (Wildman–Crippen MR) is 156 cm³/mol. The molecule has 214 valence electrons. The molecule has 1 amide bonds. The fourth-order valence-corrected chi connectivity index (χ4v) is 7.55. The Morgan fingerprint density at radius 3 is 1.71 bits per heavy atom. The number of carbonyl (C=O) groups is 1.